The first-order chi connectivity index (χ1) is 12.1. The Bertz CT molecular complexity index is 784. The summed E-state index contributed by atoms with van der Waals surface area (Å²) in [5, 5.41) is 0.670. The SMILES string of the molecule is CC(=O)Oc1cc2c(s1)CCN(C(CC1CC1)c1ccccc1F)C2. The summed E-state index contributed by atoms with van der Waals surface area (Å²) >= 11 is 1.56. The number of thiophene rings is 1. The zero-order valence-corrected chi connectivity index (χ0v) is 15.2. The van der Waals surface area contributed by atoms with Crippen molar-refractivity contribution >= 4 is 17.3 Å². The molecular weight excluding hydrogens is 337 g/mol. The number of esters is 1. The molecule has 1 aromatic carbocycles. The predicted octanol–water partition coefficient (Wildman–Crippen LogP) is 4.71. The summed E-state index contributed by atoms with van der Waals surface area (Å²) in [6.45, 7) is 3.13. The van der Waals surface area contributed by atoms with Crippen LogP contribution in [0.2, 0.25) is 0 Å². The van der Waals surface area contributed by atoms with Crippen LogP contribution in [-0.4, -0.2) is 17.4 Å². The van der Waals surface area contributed by atoms with E-state index in [0.29, 0.717) is 5.06 Å². The Labute approximate surface area is 151 Å². The van der Waals surface area contributed by atoms with Crippen LogP contribution in [0, 0.1) is 11.7 Å². The molecule has 0 spiro atoms. The van der Waals surface area contributed by atoms with E-state index >= 15 is 0 Å². The standard InChI is InChI=1S/C20H22FNO2S/c1-13(23)24-20-11-15-12-22(9-8-19(15)25-20)18(10-14-6-7-14)16-4-2-3-5-17(16)21/h2-5,11,14,18H,6-10,12H2,1H3. The van der Waals surface area contributed by atoms with Crippen LogP contribution in [0.1, 0.15) is 48.2 Å². The molecule has 1 aliphatic carbocycles. The average Bonchev–Trinajstić information content (AvgIpc) is 3.31. The van der Waals surface area contributed by atoms with Gasteiger partial charge in [-0.05, 0) is 36.5 Å². The van der Waals surface area contributed by atoms with Crippen molar-refractivity contribution in [2.75, 3.05) is 6.54 Å². The van der Waals surface area contributed by atoms with Gasteiger partial charge >= 0.3 is 5.97 Å². The molecule has 2 aliphatic rings. The number of fused-ring (bicyclic) bond motifs is 1. The van der Waals surface area contributed by atoms with Gasteiger partial charge in [0.1, 0.15) is 5.82 Å². The lowest BCUT2D eigenvalue weighted by atomic mass is 9.96. The van der Waals surface area contributed by atoms with Crippen LogP contribution in [0.15, 0.2) is 30.3 Å². The highest BCUT2D eigenvalue weighted by atomic mass is 32.1. The molecule has 2 heterocycles. The van der Waals surface area contributed by atoms with E-state index in [1.807, 2.05) is 18.2 Å². The third kappa shape index (κ3) is 3.77. The first kappa shape index (κ1) is 16.7. The molecule has 5 heteroatoms. The maximum Gasteiger partial charge on any atom is 0.308 e. The molecule has 0 saturated heterocycles. The number of ether oxygens (including phenoxy) is 1. The van der Waals surface area contributed by atoms with Crippen LogP contribution in [0.25, 0.3) is 0 Å². The summed E-state index contributed by atoms with van der Waals surface area (Å²) in [5.41, 5.74) is 2.03. The van der Waals surface area contributed by atoms with E-state index in [0.717, 1.165) is 37.4 Å². The molecule has 2 aromatic rings. The van der Waals surface area contributed by atoms with Gasteiger partial charge in [-0.25, -0.2) is 4.39 Å². The molecule has 1 unspecified atom stereocenters. The van der Waals surface area contributed by atoms with Gasteiger partial charge in [-0.2, -0.15) is 0 Å². The quantitative estimate of drug-likeness (QED) is 0.724. The van der Waals surface area contributed by atoms with Crippen LogP contribution in [0.4, 0.5) is 4.39 Å². The lowest BCUT2D eigenvalue weighted by Crippen LogP contribution is -2.34. The van der Waals surface area contributed by atoms with E-state index in [-0.39, 0.29) is 17.8 Å². The summed E-state index contributed by atoms with van der Waals surface area (Å²) in [6.07, 6.45) is 4.48. The summed E-state index contributed by atoms with van der Waals surface area (Å²) in [5.74, 6) is 0.336. The number of hydrogen-bond donors (Lipinski definition) is 0. The van der Waals surface area contributed by atoms with Gasteiger partial charge in [0.05, 0.1) is 0 Å². The minimum absolute atomic E-state index is 0.107. The maximum atomic E-state index is 14.4. The Morgan fingerprint density at radius 1 is 1.40 bits per heavy atom. The number of nitrogens with zero attached hydrogens (tertiary/aromatic N) is 1. The third-order valence-electron chi connectivity index (χ3n) is 5.08. The van der Waals surface area contributed by atoms with Gasteiger partial charge in [-0.1, -0.05) is 31.0 Å². The Morgan fingerprint density at radius 3 is 2.92 bits per heavy atom. The van der Waals surface area contributed by atoms with Crippen LogP contribution >= 0.6 is 11.3 Å². The van der Waals surface area contributed by atoms with E-state index in [1.165, 1.54) is 30.2 Å². The van der Waals surface area contributed by atoms with E-state index in [4.69, 9.17) is 4.74 Å². The molecule has 0 N–H and O–H groups in total. The van der Waals surface area contributed by atoms with Crippen molar-refractivity contribution in [1.82, 2.24) is 4.90 Å². The fourth-order valence-electron chi connectivity index (χ4n) is 3.67. The molecule has 0 amide bonds. The number of rotatable bonds is 5. The molecule has 0 radical (unpaired) electrons. The molecular formula is C20H22FNO2S. The number of carbonyl (C=O) groups is 1. The molecule has 3 nitrogen and oxygen atoms in total. The zero-order chi connectivity index (χ0) is 17.4. The second kappa shape index (κ2) is 6.89. The van der Waals surface area contributed by atoms with Crippen LogP contribution in [0.3, 0.4) is 0 Å². The summed E-state index contributed by atoms with van der Waals surface area (Å²) < 4.78 is 19.7. The fourth-order valence-corrected chi connectivity index (χ4v) is 4.72. The van der Waals surface area contributed by atoms with Gasteiger partial charge in [-0.3, -0.25) is 9.69 Å². The number of benzene rings is 1. The first-order valence-electron chi connectivity index (χ1n) is 8.88. The highest BCUT2D eigenvalue weighted by molar-refractivity contribution is 7.14. The Morgan fingerprint density at radius 2 is 2.20 bits per heavy atom. The van der Waals surface area contributed by atoms with Gasteiger partial charge in [0, 0.05) is 36.5 Å². The van der Waals surface area contributed by atoms with Crippen LogP contribution in [0.5, 0.6) is 5.06 Å². The zero-order valence-electron chi connectivity index (χ0n) is 14.3. The predicted molar refractivity (Wildman–Crippen MR) is 96.2 cm³/mol. The summed E-state index contributed by atoms with van der Waals surface area (Å²) in [7, 11) is 0. The maximum absolute atomic E-state index is 14.4. The van der Waals surface area contributed by atoms with Crippen molar-refractivity contribution in [3.8, 4) is 5.06 Å². The molecule has 1 aromatic heterocycles. The molecule has 25 heavy (non-hydrogen) atoms. The highest BCUT2D eigenvalue weighted by Gasteiger charge is 2.33. The van der Waals surface area contributed by atoms with Crippen molar-refractivity contribution in [2.45, 2.75) is 45.2 Å². The second-order valence-electron chi connectivity index (χ2n) is 7.04. The van der Waals surface area contributed by atoms with E-state index in [1.54, 1.807) is 23.5 Å². The Kier molecular flexibility index (Phi) is 4.61. The number of hydrogen-bond acceptors (Lipinski definition) is 4. The number of halogens is 1. The average molecular weight is 359 g/mol. The first-order valence-corrected chi connectivity index (χ1v) is 9.70. The fraction of sp³-hybridized carbons (Fsp3) is 0.450. The van der Waals surface area contributed by atoms with Gasteiger partial charge in [-0.15, -0.1) is 11.3 Å². The molecule has 4 rings (SSSR count). The minimum atomic E-state index is -0.284. The largest absolute Gasteiger partial charge is 0.416 e. The molecule has 0 bridgehead atoms. The van der Waals surface area contributed by atoms with Crippen molar-refractivity contribution in [1.29, 1.82) is 0 Å². The van der Waals surface area contributed by atoms with Crippen LogP contribution < -0.4 is 4.74 Å². The summed E-state index contributed by atoms with van der Waals surface area (Å²) in [6, 6.07) is 9.27. The van der Waals surface area contributed by atoms with Crippen molar-refractivity contribution < 1.29 is 13.9 Å². The van der Waals surface area contributed by atoms with Gasteiger partial charge in [0.2, 0.25) is 0 Å². The normalized spacial score (nSPS) is 18.6. The lowest BCUT2D eigenvalue weighted by Gasteiger charge is -2.35. The smallest absolute Gasteiger partial charge is 0.308 e. The van der Waals surface area contributed by atoms with Crippen molar-refractivity contribution in [2.24, 2.45) is 5.92 Å². The third-order valence-corrected chi connectivity index (χ3v) is 6.19. The molecule has 132 valence electrons. The Balaban J connectivity index is 1.57. The van der Waals surface area contributed by atoms with E-state index < -0.39 is 0 Å². The van der Waals surface area contributed by atoms with Gasteiger partial charge in [0.15, 0.2) is 5.06 Å². The monoisotopic (exact) mass is 359 g/mol. The van der Waals surface area contributed by atoms with Crippen LogP contribution in [-0.2, 0) is 17.8 Å². The highest BCUT2D eigenvalue weighted by Crippen LogP contribution is 2.43. The van der Waals surface area contributed by atoms with E-state index in [2.05, 4.69) is 4.90 Å². The van der Waals surface area contributed by atoms with Crippen molar-refractivity contribution in [3.05, 3.63) is 52.2 Å². The van der Waals surface area contributed by atoms with Crippen molar-refractivity contribution in [3.63, 3.8) is 0 Å². The topological polar surface area (TPSA) is 29.5 Å². The molecule has 1 saturated carbocycles. The minimum Gasteiger partial charge on any atom is -0.416 e. The molecule has 1 atom stereocenters. The second-order valence-corrected chi connectivity index (χ2v) is 8.14. The molecule has 1 aliphatic heterocycles. The summed E-state index contributed by atoms with van der Waals surface area (Å²) in [4.78, 5) is 14.9. The van der Waals surface area contributed by atoms with E-state index in [9.17, 15) is 9.18 Å². The Hall–Kier alpha value is -1.72. The lowest BCUT2D eigenvalue weighted by molar-refractivity contribution is -0.131. The number of carbonyl (C=O) groups excluding carboxylic acids is 1. The van der Waals surface area contributed by atoms with Gasteiger partial charge in [0.25, 0.3) is 0 Å². The molecule has 1 fully saturated rings. The van der Waals surface area contributed by atoms with Gasteiger partial charge < -0.3 is 4.74 Å².